The number of aliphatic hydroxyl groups is 6. The lowest BCUT2D eigenvalue weighted by atomic mass is 10.1. The average Bonchev–Trinajstić information content (AvgIpc) is 2.72. The Balaban J connectivity index is -0.0000000722. The van der Waals surface area contributed by atoms with Crippen molar-refractivity contribution in [1.82, 2.24) is 0 Å². The second-order valence-corrected chi connectivity index (χ2v) is 6.15. The minimum Gasteiger partial charge on any atom is -0.481 e. The van der Waals surface area contributed by atoms with Crippen molar-refractivity contribution in [2.45, 2.75) is 78.4 Å². The van der Waals surface area contributed by atoms with E-state index < -0.39 is 36.1 Å². The molecule has 0 aromatic heterocycles. The molecule has 0 rings (SSSR count). The number of carboxylic acids is 4. The first-order valence-electron chi connectivity index (χ1n) is 10.2. The summed E-state index contributed by atoms with van der Waals surface area (Å²) in [7, 11) is 0. The van der Waals surface area contributed by atoms with Gasteiger partial charge >= 0.3 is 5.97 Å². The van der Waals surface area contributed by atoms with Crippen molar-refractivity contribution < 1.29 is 70.2 Å². The molecular formula is C20H44O14. The summed E-state index contributed by atoms with van der Waals surface area (Å²) >= 11 is 0. The molecule has 0 spiro atoms. The summed E-state index contributed by atoms with van der Waals surface area (Å²) in [6, 6.07) is 0. The monoisotopic (exact) mass is 508 g/mol. The smallest absolute Gasteiger partial charge is 0.303 e. The summed E-state index contributed by atoms with van der Waals surface area (Å²) in [5.41, 5.74) is 0. The van der Waals surface area contributed by atoms with Crippen molar-refractivity contribution in [1.29, 1.82) is 0 Å². The Hall–Kier alpha value is -2.36. The standard InChI is InChI=1S/C8H16O2.2C3H8O3.3C2H4O2/c1-2-3-4-5-6-7-8(9)10;2*4-1-3(6)2-5;3*1-2(3)4/h2-7H2,1H3,(H,9,10);2*3-6H,1-2H2;3*1H3,(H,3,4). The Labute approximate surface area is 199 Å². The summed E-state index contributed by atoms with van der Waals surface area (Å²) in [6.07, 6.45) is 3.98. The summed E-state index contributed by atoms with van der Waals surface area (Å²) in [6.45, 7) is 3.94. The molecule has 0 aromatic carbocycles. The van der Waals surface area contributed by atoms with Crippen LogP contribution in [0.2, 0.25) is 0 Å². The van der Waals surface area contributed by atoms with E-state index in [0.717, 1.165) is 33.6 Å². The molecule has 208 valence electrons. The highest BCUT2D eigenvalue weighted by Crippen LogP contribution is 2.04. The summed E-state index contributed by atoms with van der Waals surface area (Å²) in [4.78, 5) is 37.0. The predicted molar refractivity (Wildman–Crippen MR) is 121 cm³/mol. The Kier molecular flexibility index (Phi) is 54.4. The van der Waals surface area contributed by atoms with Crippen molar-refractivity contribution >= 4 is 23.9 Å². The first-order valence-corrected chi connectivity index (χ1v) is 10.2. The van der Waals surface area contributed by atoms with E-state index in [-0.39, 0.29) is 26.4 Å². The first-order chi connectivity index (χ1) is 15.6. The van der Waals surface area contributed by atoms with E-state index in [1.54, 1.807) is 0 Å². The van der Waals surface area contributed by atoms with Gasteiger partial charge in [-0.25, -0.2) is 0 Å². The van der Waals surface area contributed by atoms with Gasteiger partial charge in [-0.3, -0.25) is 19.2 Å². The number of rotatable bonds is 10. The van der Waals surface area contributed by atoms with Crippen LogP contribution < -0.4 is 0 Å². The first kappa shape index (κ1) is 45.2. The number of carboxylic acid groups (broad SMARTS) is 4. The molecule has 0 amide bonds. The SMILES string of the molecule is CC(=O)O.CC(=O)O.CC(=O)O.CCCCCCCC(=O)O.OCC(O)CO.OCC(O)CO. The molecule has 0 heterocycles. The molecular weight excluding hydrogens is 464 g/mol. The molecule has 34 heavy (non-hydrogen) atoms. The maximum atomic E-state index is 10.0. The Bertz CT molecular complexity index is 384. The highest BCUT2D eigenvalue weighted by atomic mass is 16.4. The zero-order chi connectivity index (χ0) is 28.5. The summed E-state index contributed by atoms with van der Waals surface area (Å²) in [5, 5.41) is 78.6. The second-order valence-electron chi connectivity index (χ2n) is 6.15. The third kappa shape index (κ3) is 152. The summed E-state index contributed by atoms with van der Waals surface area (Å²) in [5.74, 6) is -3.17. The molecule has 0 atom stereocenters. The van der Waals surface area contributed by atoms with Gasteiger partial charge < -0.3 is 51.1 Å². The van der Waals surface area contributed by atoms with Crippen molar-refractivity contribution in [3.8, 4) is 0 Å². The quantitative estimate of drug-likeness (QED) is 0.165. The van der Waals surface area contributed by atoms with Gasteiger partial charge in [-0.1, -0.05) is 32.6 Å². The molecule has 0 saturated heterocycles. The van der Waals surface area contributed by atoms with E-state index >= 15 is 0 Å². The number of unbranched alkanes of at least 4 members (excludes halogenated alkanes) is 4. The third-order valence-corrected chi connectivity index (χ3v) is 2.34. The normalized spacial score (nSPS) is 8.59. The Morgan fingerprint density at radius 1 is 0.559 bits per heavy atom. The van der Waals surface area contributed by atoms with Gasteiger partial charge in [0.15, 0.2) is 0 Å². The van der Waals surface area contributed by atoms with E-state index in [9.17, 15) is 4.79 Å². The van der Waals surface area contributed by atoms with Gasteiger partial charge in [0.2, 0.25) is 0 Å². The minimum absolute atomic E-state index is 0.337. The molecule has 0 aliphatic carbocycles. The van der Waals surface area contributed by atoms with Gasteiger partial charge in [-0.2, -0.15) is 0 Å². The van der Waals surface area contributed by atoms with E-state index in [2.05, 4.69) is 6.92 Å². The van der Waals surface area contributed by atoms with E-state index in [0.29, 0.717) is 6.42 Å². The molecule has 0 bridgehead atoms. The molecule has 0 unspecified atom stereocenters. The van der Waals surface area contributed by atoms with Crippen molar-refractivity contribution in [3.63, 3.8) is 0 Å². The largest absolute Gasteiger partial charge is 0.481 e. The highest BCUT2D eigenvalue weighted by molar-refractivity contribution is 5.66. The van der Waals surface area contributed by atoms with Crippen LogP contribution in [0.25, 0.3) is 0 Å². The van der Waals surface area contributed by atoms with Gasteiger partial charge in [0.05, 0.1) is 26.4 Å². The number of aliphatic carboxylic acids is 4. The number of aliphatic hydroxyl groups excluding tert-OH is 6. The van der Waals surface area contributed by atoms with Gasteiger partial charge in [-0.05, 0) is 6.42 Å². The van der Waals surface area contributed by atoms with Crippen LogP contribution in [0, 0.1) is 0 Å². The third-order valence-electron chi connectivity index (χ3n) is 2.34. The fourth-order valence-corrected chi connectivity index (χ4v) is 0.995. The van der Waals surface area contributed by atoms with Crippen LogP contribution in [0.3, 0.4) is 0 Å². The minimum atomic E-state index is -0.954. The lowest BCUT2D eigenvalue weighted by molar-refractivity contribution is -0.137. The van der Waals surface area contributed by atoms with Crippen molar-refractivity contribution in [3.05, 3.63) is 0 Å². The maximum Gasteiger partial charge on any atom is 0.303 e. The predicted octanol–water partition coefficient (Wildman–Crippen LogP) is -0.632. The Morgan fingerprint density at radius 2 is 0.794 bits per heavy atom. The molecule has 0 aliphatic heterocycles. The van der Waals surface area contributed by atoms with Crippen LogP contribution in [0.15, 0.2) is 0 Å². The molecule has 14 heteroatoms. The van der Waals surface area contributed by atoms with Crippen molar-refractivity contribution in [2.24, 2.45) is 0 Å². The fraction of sp³-hybridized carbons (Fsp3) is 0.800. The van der Waals surface area contributed by atoms with Gasteiger partial charge in [0.1, 0.15) is 12.2 Å². The fourth-order valence-electron chi connectivity index (χ4n) is 0.995. The van der Waals surface area contributed by atoms with E-state index in [1.807, 2.05) is 0 Å². The lowest BCUT2D eigenvalue weighted by Crippen LogP contribution is -2.15. The second kappa shape index (κ2) is 40.9. The van der Waals surface area contributed by atoms with Crippen molar-refractivity contribution in [2.75, 3.05) is 26.4 Å². The summed E-state index contributed by atoms with van der Waals surface area (Å²) < 4.78 is 0. The van der Waals surface area contributed by atoms with Crippen LogP contribution in [0.4, 0.5) is 0 Å². The zero-order valence-corrected chi connectivity index (χ0v) is 20.3. The van der Waals surface area contributed by atoms with Crippen LogP contribution in [0.5, 0.6) is 0 Å². The molecule has 0 aliphatic rings. The van der Waals surface area contributed by atoms with Gasteiger partial charge in [0.25, 0.3) is 17.9 Å². The molecule has 10 N–H and O–H groups in total. The average molecular weight is 509 g/mol. The number of hydrogen-bond acceptors (Lipinski definition) is 10. The van der Waals surface area contributed by atoms with Gasteiger partial charge in [-0.15, -0.1) is 0 Å². The van der Waals surface area contributed by atoms with Gasteiger partial charge in [0, 0.05) is 27.2 Å². The van der Waals surface area contributed by atoms with E-state index in [4.69, 9.17) is 65.4 Å². The molecule has 0 fully saturated rings. The topological polar surface area (TPSA) is 271 Å². The molecule has 0 radical (unpaired) electrons. The maximum absolute atomic E-state index is 10.0. The van der Waals surface area contributed by atoms with Crippen LogP contribution in [0.1, 0.15) is 66.2 Å². The molecule has 14 nitrogen and oxygen atoms in total. The van der Waals surface area contributed by atoms with Crippen LogP contribution >= 0.6 is 0 Å². The molecule has 0 saturated carbocycles. The zero-order valence-electron chi connectivity index (χ0n) is 20.3. The number of hydrogen-bond donors (Lipinski definition) is 10. The highest BCUT2D eigenvalue weighted by Gasteiger charge is 1.95. The Morgan fingerprint density at radius 3 is 0.941 bits per heavy atom. The van der Waals surface area contributed by atoms with E-state index in [1.165, 1.54) is 19.3 Å². The van der Waals surface area contributed by atoms with Crippen LogP contribution in [-0.2, 0) is 19.2 Å². The molecule has 0 aromatic rings. The lowest BCUT2D eigenvalue weighted by Gasteiger charge is -1.96. The van der Waals surface area contributed by atoms with Crippen LogP contribution in [-0.4, -0.2) is 114 Å². The number of carbonyl (C=O) groups is 4.